The Labute approximate surface area is 208 Å². The molecular formula is C27H31F4NO4. The maximum absolute atomic E-state index is 13.9. The third-order valence-corrected chi connectivity index (χ3v) is 6.45. The molecule has 0 aliphatic carbocycles. The van der Waals surface area contributed by atoms with Crippen molar-refractivity contribution < 1.29 is 37.3 Å². The number of hydrogen-bond donors (Lipinski definition) is 2. The Morgan fingerprint density at radius 2 is 2.00 bits per heavy atom. The second-order valence-corrected chi connectivity index (χ2v) is 9.22. The van der Waals surface area contributed by atoms with Crippen LogP contribution in [0.15, 0.2) is 42.5 Å². The molecule has 2 N–H and O–H groups in total. The van der Waals surface area contributed by atoms with Crippen molar-refractivity contribution in [2.24, 2.45) is 0 Å². The first-order chi connectivity index (χ1) is 16.9. The summed E-state index contributed by atoms with van der Waals surface area (Å²) in [7, 11) is 0. The molecule has 9 heteroatoms. The van der Waals surface area contributed by atoms with Crippen molar-refractivity contribution in [1.82, 2.24) is 4.90 Å². The van der Waals surface area contributed by atoms with Gasteiger partial charge in [0.2, 0.25) is 0 Å². The summed E-state index contributed by atoms with van der Waals surface area (Å²) in [6, 6.07) is 8.46. The summed E-state index contributed by atoms with van der Waals surface area (Å²) in [4.78, 5) is 13.0. The van der Waals surface area contributed by atoms with Gasteiger partial charge >= 0.3 is 12.1 Å². The lowest BCUT2D eigenvalue weighted by Crippen LogP contribution is -2.39. The lowest BCUT2D eigenvalue weighted by molar-refractivity contribution is -0.137. The largest absolute Gasteiger partial charge is 0.478 e. The zero-order chi connectivity index (χ0) is 26.5. The molecule has 196 valence electrons. The number of alkyl halides is 3. The fourth-order valence-corrected chi connectivity index (χ4v) is 4.50. The topological polar surface area (TPSA) is 70.0 Å². The number of rotatable bonds is 10. The summed E-state index contributed by atoms with van der Waals surface area (Å²) < 4.78 is 59.1. The van der Waals surface area contributed by atoms with Gasteiger partial charge in [-0.1, -0.05) is 18.2 Å². The highest BCUT2D eigenvalue weighted by molar-refractivity contribution is 5.85. The molecule has 1 saturated heterocycles. The van der Waals surface area contributed by atoms with Crippen molar-refractivity contribution >= 4 is 12.0 Å². The van der Waals surface area contributed by atoms with Gasteiger partial charge < -0.3 is 14.9 Å². The average molecular weight is 510 g/mol. The van der Waals surface area contributed by atoms with Crippen LogP contribution in [0.4, 0.5) is 17.6 Å². The van der Waals surface area contributed by atoms with E-state index < -0.39 is 29.9 Å². The molecule has 0 unspecified atom stereocenters. The van der Waals surface area contributed by atoms with Crippen LogP contribution >= 0.6 is 0 Å². The van der Waals surface area contributed by atoms with Gasteiger partial charge in [-0.05, 0) is 86.2 Å². The van der Waals surface area contributed by atoms with Crippen molar-refractivity contribution in [3.63, 3.8) is 0 Å². The number of carboxylic acid groups (broad SMARTS) is 1. The normalized spacial score (nSPS) is 18.6. The molecule has 2 aromatic rings. The van der Waals surface area contributed by atoms with Crippen LogP contribution in [0.1, 0.15) is 53.7 Å². The molecule has 36 heavy (non-hydrogen) atoms. The quantitative estimate of drug-likeness (QED) is 0.332. The van der Waals surface area contributed by atoms with Crippen LogP contribution in [0.2, 0.25) is 0 Å². The number of hydrogen-bond acceptors (Lipinski definition) is 4. The first kappa shape index (κ1) is 27.8. The van der Waals surface area contributed by atoms with Gasteiger partial charge in [0, 0.05) is 18.7 Å². The summed E-state index contributed by atoms with van der Waals surface area (Å²) in [5, 5.41) is 19.5. The predicted molar refractivity (Wildman–Crippen MR) is 128 cm³/mol. The number of halogens is 4. The number of likely N-dealkylation sites (tertiary alicyclic amines) is 1. The lowest BCUT2D eigenvalue weighted by Gasteiger charge is -2.27. The Morgan fingerprint density at radius 3 is 2.67 bits per heavy atom. The Kier molecular flexibility index (Phi) is 9.27. The minimum Gasteiger partial charge on any atom is -0.478 e. The monoisotopic (exact) mass is 509 g/mol. The molecule has 1 fully saturated rings. The summed E-state index contributed by atoms with van der Waals surface area (Å²) >= 11 is 0. The number of carboxylic acids is 1. The highest BCUT2D eigenvalue weighted by Gasteiger charge is 2.31. The van der Waals surface area contributed by atoms with E-state index in [9.17, 15) is 27.5 Å². The minimum atomic E-state index is -4.57. The average Bonchev–Trinajstić information content (AvgIpc) is 3.23. The van der Waals surface area contributed by atoms with Gasteiger partial charge in [-0.15, -0.1) is 0 Å². The first-order valence-corrected chi connectivity index (χ1v) is 11.8. The van der Waals surface area contributed by atoms with Crippen LogP contribution in [0.3, 0.4) is 0 Å². The van der Waals surface area contributed by atoms with E-state index in [4.69, 9.17) is 9.84 Å². The van der Waals surface area contributed by atoms with E-state index in [0.29, 0.717) is 24.1 Å². The summed E-state index contributed by atoms with van der Waals surface area (Å²) in [6.45, 7) is 4.46. The number of benzene rings is 2. The van der Waals surface area contributed by atoms with E-state index in [1.54, 1.807) is 26.0 Å². The molecule has 0 saturated carbocycles. The first-order valence-electron chi connectivity index (χ1n) is 11.8. The van der Waals surface area contributed by atoms with Crippen molar-refractivity contribution in [3.05, 3.63) is 76.1 Å². The van der Waals surface area contributed by atoms with E-state index in [-0.39, 0.29) is 24.0 Å². The second-order valence-electron chi connectivity index (χ2n) is 9.22. The van der Waals surface area contributed by atoms with Gasteiger partial charge in [-0.3, -0.25) is 4.90 Å². The molecule has 0 spiro atoms. The SMILES string of the molecule is Cc1ccc(C[C@@H]2CCCN2C[C@H](O)CO[C@H](C)c2ccc(C(F)(F)F)cc2/C=C/C(=O)O)cc1F. The Bertz CT molecular complexity index is 1090. The van der Waals surface area contributed by atoms with E-state index in [0.717, 1.165) is 49.2 Å². The van der Waals surface area contributed by atoms with Gasteiger partial charge in [0.25, 0.3) is 0 Å². The van der Waals surface area contributed by atoms with Crippen molar-refractivity contribution in [1.29, 1.82) is 0 Å². The summed E-state index contributed by atoms with van der Waals surface area (Å²) in [6.07, 6.45) is -1.64. The molecule has 1 aliphatic rings. The summed E-state index contributed by atoms with van der Waals surface area (Å²) in [5.74, 6) is -1.52. The van der Waals surface area contributed by atoms with Crippen LogP contribution in [0.25, 0.3) is 6.08 Å². The number of aryl methyl sites for hydroxylation is 1. The van der Waals surface area contributed by atoms with Crippen LogP contribution in [0.5, 0.6) is 0 Å². The maximum atomic E-state index is 13.9. The predicted octanol–water partition coefficient (Wildman–Crippen LogP) is 5.40. The number of aliphatic carboxylic acids is 1. The summed E-state index contributed by atoms with van der Waals surface area (Å²) in [5.41, 5.74) is 1.07. The van der Waals surface area contributed by atoms with Crippen LogP contribution in [-0.4, -0.2) is 52.9 Å². The molecule has 5 nitrogen and oxygen atoms in total. The molecule has 0 amide bonds. The number of aliphatic hydroxyl groups is 1. The van der Waals surface area contributed by atoms with Crippen LogP contribution < -0.4 is 0 Å². The third kappa shape index (κ3) is 7.62. The zero-order valence-electron chi connectivity index (χ0n) is 20.3. The molecule has 0 bridgehead atoms. The number of aliphatic hydroxyl groups excluding tert-OH is 1. The van der Waals surface area contributed by atoms with Crippen molar-refractivity contribution in [2.45, 2.75) is 57.5 Å². The fraction of sp³-hybridized carbons (Fsp3) is 0.444. The van der Waals surface area contributed by atoms with E-state index in [1.807, 2.05) is 6.07 Å². The van der Waals surface area contributed by atoms with Gasteiger partial charge in [-0.2, -0.15) is 13.2 Å². The Hall–Kier alpha value is -2.75. The molecule has 2 aromatic carbocycles. The Balaban J connectivity index is 1.61. The molecule has 0 radical (unpaired) electrons. The smallest absolute Gasteiger partial charge is 0.416 e. The number of nitrogens with zero attached hydrogens (tertiary/aromatic N) is 1. The molecule has 0 aromatic heterocycles. The van der Waals surface area contributed by atoms with Crippen LogP contribution in [-0.2, 0) is 22.1 Å². The fourth-order valence-electron chi connectivity index (χ4n) is 4.50. The highest BCUT2D eigenvalue weighted by atomic mass is 19.4. The Morgan fingerprint density at radius 1 is 1.25 bits per heavy atom. The highest BCUT2D eigenvalue weighted by Crippen LogP contribution is 2.33. The second kappa shape index (κ2) is 12.0. The molecule has 1 heterocycles. The molecule has 1 aliphatic heterocycles. The third-order valence-electron chi connectivity index (χ3n) is 6.45. The standard InChI is InChI=1S/C27H31F4NO4/c1-17-5-6-19(13-25(17)28)12-22-4-3-11-32(22)15-23(33)16-36-18(2)24-9-8-21(27(29,30)31)14-20(24)7-10-26(34)35/h5-10,13-14,18,22-23,33H,3-4,11-12,15-16H2,1-2H3,(H,34,35)/b10-7+/t18-,22+,23+/m1/s1. The number of ether oxygens (including phenoxy) is 1. The van der Waals surface area contributed by atoms with E-state index in [2.05, 4.69) is 4.90 Å². The lowest BCUT2D eigenvalue weighted by atomic mass is 9.99. The molecule has 3 rings (SSSR count). The van der Waals surface area contributed by atoms with Gasteiger partial charge in [0.15, 0.2) is 0 Å². The molecule has 3 atom stereocenters. The maximum Gasteiger partial charge on any atom is 0.416 e. The zero-order valence-corrected chi connectivity index (χ0v) is 20.3. The van der Waals surface area contributed by atoms with Gasteiger partial charge in [-0.25, -0.2) is 9.18 Å². The minimum absolute atomic E-state index is 0.0490. The van der Waals surface area contributed by atoms with Crippen molar-refractivity contribution in [2.75, 3.05) is 19.7 Å². The van der Waals surface area contributed by atoms with E-state index in [1.165, 1.54) is 6.07 Å². The number of β-amino-alcohol motifs (C(OH)–C–C–N with tert-alkyl or cyclic N) is 1. The van der Waals surface area contributed by atoms with Gasteiger partial charge in [0.05, 0.1) is 24.4 Å². The van der Waals surface area contributed by atoms with E-state index >= 15 is 0 Å². The molecular weight excluding hydrogens is 478 g/mol. The van der Waals surface area contributed by atoms with Gasteiger partial charge in [0.1, 0.15) is 5.82 Å². The van der Waals surface area contributed by atoms with Crippen LogP contribution in [0, 0.1) is 12.7 Å². The number of carbonyl (C=O) groups is 1. The van der Waals surface area contributed by atoms with Crippen molar-refractivity contribution in [3.8, 4) is 0 Å².